The lowest BCUT2D eigenvalue weighted by atomic mass is 9.89. The fraction of sp³-hybridized carbons (Fsp3) is 0.556. The van der Waals surface area contributed by atoms with Crippen LogP contribution in [0.4, 0.5) is 0 Å². The number of nitrogens with two attached hydrogens (primary N) is 1. The number of pyridine rings is 1. The first kappa shape index (κ1) is 24.2. The van der Waals surface area contributed by atoms with Crippen molar-refractivity contribution in [1.29, 1.82) is 0 Å². The molecule has 5 nitrogen and oxygen atoms in total. The second-order valence-electron chi connectivity index (χ2n) is 11.4. The Hall–Kier alpha value is -2.40. The molecule has 0 aliphatic carbocycles. The summed E-state index contributed by atoms with van der Waals surface area (Å²) in [5.74, 6) is 0.840. The Morgan fingerprint density at radius 1 is 1.03 bits per heavy atom. The fourth-order valence-electron chi connectivity index (χ4n) is 3.90. The number of fused-ring (bicyclic) bond motifs is 1. The van der Waals surface area contributed by atoms with Crippen molar-refractivity contribution in [3.05, 3.63) is 52.7 Å². The van der Waals surface area contributed by atoms with Crippen molar-refractivity contribution in [2.75, 3.05) is 13.1 Å². The van der Waals surface area contributed by atoms with E-state index >= 15 is 0 Å². The smallest absolute Gasteiger partial charge is 0.250 e. The van der Waals surface area contributed by atoms with Gasteiger partial charge in [0.25, 0.3) is 5.91 Å². The SMILES string of the molecule is CC(C)(C)CCc1nc(Oc2ccc3c(c2)CCN(CCC(C)(C)C)C3)ccc1C(N)=O. The van der Waals surface area contributed by atoms with Crippen LogP contribution >= 0.6 is 0 Å². The van der Waals surface area contributed by atoms with Gasteiger partial charge in [-0.1, -0.05) is 47.6 Å². The molecule has 174 valence electrons. The summed E-state index contributed by atoms with van der Waals surface area (Å²) in [6.45, 7) is 16.6. The number of aromatic nitrogens is 1. The maximum atomic E-state index is 11.8. The second-order valence-corrected chi connectivity index (χ2v) is 11.4. The number of primary amides is 1. The summed E-state index contributed by atoms with van der Waals surface area (Å²) in [4.78, 5) is 19.0. The molecule has 0 fully saturated rings. The van der Waals surface area contributed by atoms with E-state index in [1.54, 1.807) is 12.1 Å². The molecule has 0 spiro atoms. The van der Waals surface area contributed by atoms with Gasteiger partial charge in [0.15, 0.2) is 0 Å². The molecule has 2 N–H and O–H groups in total. The number of aryl methyl sites for hydroxylation is 1. The predicted molar refractivity (Wildman–Crippen MR) is 130 cm³/mol. The number of ether oxygens (including phenoxy) is 1. The molecule has 2 heterocycles. The number of carbonyl (C=O) groups excluding carboxylic acids is 1. The summed E-state index contributed by atoms with van der Waals surface area (Å²) < 4.78 is 6.09. The van der Waals surface area contributed by atoms with E-state index in [2.05, 4.69) is 63.6 Å². The zero-order chi connectivity index (χ0) is 23.5. The Morgan fingerprint density at radius 3 is 2.41 bits per heavy atom. The van der Waals surface area contributed by atoms with Crippen LogP contribution in [0.15, 0.2) is 30.3 Å². The molecule has 32 heavy (non-hydrogen) atoms. The van der Waals surface area contributed by atoms with Crippen molar-refractivity contribution in [2.45, 2.75) is 73.8 Å². The number of rotatable bonds is 7. The molecule has 1 aliphatic rings. The fourth-order valence-corrected chi connectivity index (χ4v) is 3.90. The first-order valence-corrected chi connectivity index (χ1v) is 11.7. The molecule has 1 aromatic heterocycles. The van der Waals surface area contributed by atoms with E-state index in [4.69, 9.17) is 10.5 Å². The molecule has 0 saturated heterocycles. The molecule has 0 saturated carbocycles. The Morgan fingerprint density at radius 2 is 1.75 bits per heavy atom. The van der Waals surface area contributed by atoms with E-state index in [9.17, 15) is 4.79 Å². The zero-order valence-electron chi connectivity index (χ0n) is 20.6. The normalized spacial score (nSPS) is 14.8. The van der Waals surface area contributed by atoms with Gasteiger partial charge in [0.1, 0.15) is 5.75 Å². The molecule has 0 bridgehead atoms. The molecule has 1 aliphatic heterocycles. The predicted octanol–water partition coefficient (Wildman–Crippen LogP) is 5.75. The maximum absolute atomic E-state index is 11.8. The second kappa shape index (κ2) is 9.62. The quantitative estimate of drug-likeness (QED) is 0.599. The highest BCUT2D eigenvalue weighted by molar-refractivity contribution is 5.93. The van der Waals surface area contributed by atoms with Gasteiger partial charge in [-0.05, 0) is 72.4 Å². The van der Waals surface area contributed by atoms with Crippen molar-refractivity contribution in [1.82, 2.24) is 9.88 Å². The first-order chi connectivity index (χ1) is 14.9. The number of amides is 1. The van der Waals surface area contributed by atoms with Gasteiger partial charge in [0, 0.05) is 19.2 Å². The van der Waals surface area contributed by atoms with E-state index in [-0.39, 0.29) is 5.41 Å². The zero-order valence-corrected chi connectivity index (χ0v) is 20.6. The Balaban J connectivity index is 1.71. The van der Waals surface area contributed by atoms with Crippen LogP contribution in [0.1, 0.15) is 81.6 Å². The van der Waals surface area contributed by atoms with Crippen LogP contribution in [-0.2, 0) is 19.4 Å². The van der Waals surface area contributed by atoms with E-state index in [0.29, 0.717) is 29.0 Å². The lowest BCUT2D eigenvalue weighted by Gasteiger charge is -2.31. The lowest BCUT2D eigenvalue weighted by molar-refractivity contribution is 0.0998. The highest BCUT2D eigenvalue weighted by atomic mass is 16.5. The molecular formula is C27H39N3O2. The Bertz CT molecular complexity index is 954. The monoisotopic (exact) mass is 437 g/mol. The number of hydrogen-bond acceptors (Lipinski definition) is 4. The van der Waals surface area contributed by atoms with Crippen molar-refractivity contribution < 1.29 is 9.53 Å². The van der Waals surface area contributed by atoms with Crippen LogP contribution in [-0.4, -0.2) is 28.9 Å². The van der Waals surface area contributed by atoms with Crippen LogP contribution in [0, 0.1) is 10.8 Å². The largest absolute Gasteiger partial charge is 0.439 e. The topological polar surface area (TPSA) is 68.4 Å². The van der Waals surface area contributed by atoms with Crippen LogP contribution in [0.5, 0.6) is 11.6 Å². The lowest BCUT2D eigenvalue weighted by Crippen LogP contribution is -2.33. The third-order valence-electron chi connectivity index (χ3n) is 6.00. The Kier molecular flexibility index (Phi) is 7.29. The molecular weight excluding hydrogens is 398 g/mol. The van der Waals surface area contributed by atoms with E-state index in [1.807, 2.05) is 6.07 Å². The van der Waals surface area contributed by atoms with Crippen molar-refractivity contribution >= 4 is 5.91 Å². The van der Waals surface area contributed by atoms with Crippen molar-refractivity contribution in [3.63, 3.8) is 0 Å². The molecule has 0 radical (unpaired) electrons. The van der Waals surface area contributed by atoms with E-state index in [0.717, 1.165) is 38.2 Å². The number of carbonyl (C=O) groups is 1. The maximum Gasteiger partial charge on any atom is 0.250 e. The molecule has 0 atom stereocenters. The third kappa shape index (κ3) is 7.06. The van der Waals surface area contributed by atoms with Gasteiger partial charge in [0.2, 0.25) is 5.88 Å². The highest BCUT2D eigenvalue weighted by Gasteiger charge is 2.20. The summed E-state index contributed by atoms with van der Waals surface area (Å²) in [7, 11) is 0. The van der Waals surface area contributed by atoms with Crippen LogP contribution < -0.4 is 10.5 Å². The highest BCUT2D eigenvalue weighted by Crippen LogP contribution is 2.29. The summed E-state index contributed by atoms with van der Waals surface area (Å²) in [5.41, 5.74) is 9.97. The van der Waals surface area contributed by atoms with Gasteiger partial charge in [-0.2, -0.15) is 0 Å². The van der Waals surface area contributed by atoms with Gasteiger partial charge < -0.3 is 10.5 Å². The van der Waals surface area contributed by atoms with Gasteiger partial charge >= 0.3 is 0 Å². The van der Waals surface area contributed by atoms with E-state index in [1.165, 1.54) is 17.5 Å². The summed E-state index contributed by atoms with van der Waals surface area (Å²) >= 11 is 0. The number of hydrogen-bond donors (Lipinski definition) is 1. The molecule has 0 unspecified atom stereocenters. The summed E-state index contributed by atoms with van der Waals surface area (Å²) in [6, 6.07) is 9.79. The molecule has 5 heteroatoms. The molecule has 1 aromatic carbocycles. The summed E-state index contributed by atoms with van der Waals surface area (Å²) in [6.07, 6.45) is 3.83. The van der Waals surface area contributed by atoms with Gasteiger partial charge in [-0.15, -0.1) is 0 Å². The summed E-state index contributed by atoms with van der Waals surface area (Å²) in [5, 5.41) is 0. The molecule has 2 aromatic rings. The molecule has 3 rings (SSSR count). The van der Waals surface area contributed by atoms with Crippen molar-refractivity contribution in [2.24, 2.45) is 16.6 Å². The Labute approximate surface area is 193 Å². The third-order valence-corrected chi connectivity index (χ3v) is 6.00. The number of benzene rings is 1. The average molecular weight is 438 g/mol. The van der Waals surface area contributed by atoms with Crippen LogP contribution in [0.2, 0.25) is 0 Å². The van der Waals surface area contributed by atoms with Gasteiger partial charge in [0.05, 0.1) is 11.3 Å². The minimum Gasteiger partial charge on any atom is -0.439 e. The minimum atomic E-state index is -0.447. The first-order valence-electron chi connectivity index (χ1n) is 11.7. The van der Waals surface area contributed by atoms with Gasteiger partial charge in [-0.3, -0.25) is 9.69 Å². The van der Waals surface area contributed by atoms with E-state index < -0.39 is 5.91 Å². The van der Waals surface area contributed by atoms with Crippen molar-refractivity contribution in [3.8, 4) is 11.6 Å². The van der Waals surface area contributed by atoms with Crippen LogP contribution in [0.3, 0.4) is 0 Å². The minimum absolute atomic E-state index is 0.146. The molecule has 1 amide bonds. The van der Waals surface area contributed by atoms with Crippen LogP contribution in [0.25, 0.3) is 0 Å². The standard InChI is InChI=1S/C27H39N3O2/c1-26(2,3)13-11-23-22(25(28)31)9-10-24(29-23)32-21-8-7-20-18-30(15-12-19(20)17-21)16-14-27(4,5)6/h7-10,17H,11-16,18H2,1-6H3,(H2,28,31). The van der Waals surface area contributed by atoms with Gasteiger partial charge in [-0.25, -0.2) is 4.98 Å². The number of nitrogens with zero attached hydrogens (tertiary/aromatic N) is 2. The average Bonchev–Trinajstić information content (AvgIpc) is 2.69.